The van der Waals surface area contributed by atoms with E-state index in [0.29, 0.717) is 13.1 Å². The van der Waals surface area contributed by atoms with Gasteiger partial charge in [0.15, 0.2) is 0 Å². The fourth-order valence-corrected chi connectivity index (χ4v) is 4.00. The molecule has 2 aliphatic carbocycles. The molecule has 2 aliphatic rings. The molecule has 0 aromatic heterocycles. The third kappa shape index (κ3) is 11.4. The van der Waals surface area contributed by atoms with Crippen molar-refractivity contribution in [1.29, 1.82) is 0 Å². The maximum Gasteiger partial charge on any atom is 0.248 e. The van der Waals surface area contributed by atoms with Gasteiger partial charge in [-0.25, -0.2) is 8.78 Å². The van der Waals surface area contributed by atoms with Crippen molar-refractivity contribution >= 4 is 0 Å². The van der Waals surface area contributed by atoms with Crippen LogP contribution in [-0.4, -0.2) is 13.1 Å². The van der Waals surface area contributed by atoms with E-state index in [-0.39, 0.29) is 26.2 Å². The number of halogens is 3. The Morgan fingerprint density at radius 1 is 0.750 bits per heavy atom. The van der Waals surface area contributed by atoms with Gasteiger partial charge >= 0.3 is 0 Å². The molecule has 0 spiro atoms. The average Bonchev–Trinajstić information content (AvgIpc) is 2.53. The molecule has 2 unspecified atom stereocenters. The summed E-state index contributed by atoms with van der Waals surface area (Å²) in [5.74, 6) is -0.838. The second-order valence-electron chi connectivity index (χ2n) is 6.35. The first kappa shape index (κ1) is 28.6. The predicted octanol–water partition coefficient (Wildman–Crippen LogP) is 8.69. The van der Waals surface area contributed by atoms with Crippen LogP contribution in [0.3, 0.4) is 0 Å². The first-order valence-corrected chi connectivity index (χ1v) is 9.84. The molecule has 0 aliphatic heterocycles. The summed E-state index contributed by atoms with van der Waals surface area (Å²) in [6.07, 6.45) is 10.4. The Labute approximate surface area is 151 Å². The monoisotopic (exact) mass is 354 g/mol. The minimum Gasteiger partial charge on any atom is -0.255 e. The number of alkyl halides is 3. The van der Waals surface area contributed by atoms with Crippen molar-refractivity contribution < 1.29 is 13.2 Å². The van der Waals surface area contributed by atoms with Gasteiger partial charge in [0.25, 0.3) is 0 Å². The molecule has 0 radical (unpaired) electrons. The molecule has 0 saturated heterocycles. The van der Waals surface area contributed by atoms with Crippen molar-refractivity contribution in [3.8, 4) is 0 Å². The van der Waals surface area contributed by atoms with Gasteiger partial charge in [-0.2, -0.15) is 0 Å². The topological polar surface area (TPSA) is 0 Å². The first-order valence-electron chi connectivity index (χ1n) is 9.84. The molecule has 0 aromatic carbocycles. The van der Waals surface area contributed by atoms with Gasteiger partial charge in [-0.05, 0) is 24.2 Å². The van der Waals surface area contributed by atoms with Crippen molar-refractivity contribution in [2.45, 2.75) is 112 Å². The summed E-state index contributed by atoms with van der Waals surface area (Å²) in [4.78, 5) is 0. The second kappa shape index (κ2) is 17.6. The summed E-state index contributed by atoms with van der Waals surface area (Å²) in [7, 11) is 0.500. The maximum atomic E-state index is 13.3. The molecule has 0 bridgehead atoms. The van der Waals surface area contributed by atoms with Crippen LogP contribution in [0.1, 0.15) is 106 Å². The van der Waals surface area contributed by atoms with E-state index in [9.17, 15) is 13.2 Å². The van der Waals surface area contributed by atoms with E-state index in [1.54, 1.807) is 0 Å². The van der Waals surface area contributed by atoms with Gasteiger partial charge in [0.1, 0.15) is 0 Å². The van der Waals surface area contributed by atoms with Gasteiger partial charge in [0.2, 0.25) is 5.92 Å². The van der Waals surface area contributed by atoms with E-state index in [1.807, 2.05) is 27.7 Å². The van der Waals surface area contributed by atoms with E-state index < -0.39 is 5.92 Å². The molecule has 2 saturated carbocycles. The minimum absolute atomic E-state index is 0. The molecule has 0 aromatic rings. The highest BCUT2D eigenvalue weighted by atomic mass is 19.3. The lowest BCUT2D eigenvalue weighted by Gasteiger charge is -2.39. The molecule has 150 valence electrons. The molecule has 3 heteroatoms. The molecule has 0 nitrogen and oxygen atoms in total. The van der Waals surface area contributed by atoms with E-state index in [4.69, 9.17) is 0 Å². The molecule has 2 rings (SSSR count). The molecular weight excluding hydrogens is 309 g/mol. The summed E-state index contributed by atoms with van der Waals surface area (Å²) < 4.78 is 36.2. The zero-order valence-electron chi connectivity index (χ0n) is 16.4. The smallest absolute Gasteiger partial charge is 0.248 e. The highest BCUT2D eigenvalue weighted by Crippen LogP contribution is 2.45. The summed E-state index contributed by atoms with van der Waals surface area (Å²) >= 11 is 0. The Bertz CT molecular complexity index is 233. The fourth-order valence-electron chi connectivity index (χ4n) is 4.00. The zero-order valence-corrected chi connectivity index (χ0v) is 16.4. The lowest BCUT2D eigenvalue weighted by molar-refractivity contribution is -0.0759. The van der Waals surface area contributed by atoms with Crippen LogP contribution in [0.4, 0.5) is 13.2 Å². The maximum absolute atomic E-state index is 13.3. The average molecular weight is 355 g/mol. The SMILES string of the molecule is C.CC.CC.CC1CC(F)(F)CCC1C1CCCCCCC1.CF. The highest BCUT2D eigenvalue weighted by Gasteiger charge is 2.41. The van der Waals surface area contributed by atoms with Crippen molar-refractivity contribution in [2.24, 2.45) is 17.8 Å². The van der Waals surface area contributed by atoms with Gasteiger partial charge in [-0.1, -0.05) is 87.0 Å². The van der Waals surface area contributed by atoms with Crippen LogP contribution in [0.2, 0.25) is 0 Å². The standard InChI is InChI=1S/C15H26F2.2C2H6.CH3F.CH4/c1-12-11-15(16,17)10-9-14(12)13-7-5-3-2-4-6-8-13;3*1-2;/h12-14H,2-11H2,1H3;2*1-2H3;1H3;1H4. The molecule has 0 N–H and O–H groups in total. The van der Waals surface area contributed by atoms with Gasteiger partial charge in [-0.15, -0.1) is 0 Å². The predicted molar refractivity (Wildman–Crippen MR) is 104 cm³/mol. The third-order valence-corrected chi connectivity index (χ3v) is 4.95. The Morgan fingerprint density at radius 3 is 1.58 bits per heavy atom. The van der Waals surface area contributed by atoms with Gasteiger partial charge in [0, 0.05) is 12.8 Å². The minimum atomic E-state index is -2.38. The number of hydrogen-bond donors (Lipinski definition) is 0. The molecule has 0 heterocycles. The summed E-state index contributed by atoms with van der Waals surface area (Å²) in [5, 5.41) is 0. The van der Waals surface area contributed by atoms with Gasteiger partial charge in [0.05, 0.1) is 7.18 Å². The first-order chi connectivity index (χ1) is 11.1. The fraction of sp³-hybridized carbons (Fsp3) is 1.00. The van der Waals surface area contributed by atoms with Crippen LogP contribution in [0.15, 0.2) is 0 Å². The van der Waals surface area contributed by atoms with Crippen LogP contribution >= 0.6 is 0 Å². The number of rotatable bonds is 1. The Hall–Kier alpha value is -0.210. The third-order valence-electron chi connectivity index (χ3n) is 4.95. The highest BCUT2D eigenvalue weighted by molar-refractivity contribution is 4.86. The van der Waals surface area contributed by atoms with Crippen molar-refractivity contribution in [1.82, 2.24) is 0 Å². The molecular formula is C21H45F3. The quantitative estimate of drug-likeness (QED) is 0.441. The Kier molecular flexibility index (Phi) is 21.0. The second-order valence-corrected chi connectivity index (χ2v) is 6.35. The zero-order chi connectivity index (χ0) is 18.3. The van der Waals surface area contributed by atoms with Crippen LogP contribution in [0, 0.1) is 17.8 Å². The van der Waals surface area contributed by atoms with E-state index >= 15 is 0 Å². The van der Waals surface area contributed by atoms with Gasteiger partial charge in [-0.3, -0.25) is 4.39 Å². The number of hydrogen-bond acceptors (Lipinski definition) is 0. The molecule has 0 amide bonds. The van der Waals surface area contributed by atoms with Crippen LogP contribution in [0.25, 0.3) is 0 Å². The van der Waals surface area contributed by atoms with Crippen molar-refractivity contribution in [3.05, 3.63) is 0 Å². The van der Waals surface area contributed by atoms with Crippen molar-refractivity contribution in [3.63, 3.8) is 0 Å². The van der Waals surface area contributed by atoms with Crippen molar-refractivity contribution in [2.75, 3.05) is 7.18 Å². The summed E-state index contributed by atoms with van der Waals surface area (Å²) in [6, 6.07) is 0. The molecule has 2 fully saturated rings. The van der Waals surface area contributed by atoms with E-state index in [1.165, 1.54) is 44.9 Å². The van der Waals surface area contributed by atoms with Crippen LogP contribution in [-0.2, 0) is 0 Å². The van der Waals surface area contributed by atoms with Crippen LogP contribution in [0.5, 0.6) is 0 Å². The van der Waals surface area contributed by atoms with E-state index in [0.717, 1.165) is 12.3 Å². The van der Waals surface area contributed by atoms with Gasteiger partial charge < -0.3 is 0 Å². The summed E-state index contributed by atoms with van der Waals surface area (Å²) in [6.45, 7) is 10.1. The van der Waals surface area contributed by atoms with E-state index in [2.05, 4.69) is 6.92 Å². The normalized spacial score (nSPS) is 26.4. The lowest BCUT2D eigenvalue weighted by Crippen LogP contribution is -2.35. The summed E-state index contributed by atoms with van der Waals surface area (Å²) in [5.41, 5.74) is 0. The van der Waals surface area contributed by atoms with Crippen LogP contribution < -0.4 is 0 Å². The lowest BCUT2D eigenvalue weighted by atomic mass is 9.68. The Morgan fingerprint density at radius 2 is 1.17 bits per heavy atom. The largest absolute Gasteiger partial charge is 0.255 e. The Balaban J connectivity index is -0.000000569. The molecule has 2 atom stereocenters. The molecule has 24 heavy (non-hydrogen) atoms.